The molecular weight excluding hydrogens is 292 g/mol. The fourth-order valence-corrected chi connectivity index (χ4v) is 2.50. The molecule has 0 atom stereocenters. The maximum Gasteiger partial charge on any atom is 0.317 e. The van der Waals surface area contributed by atoms with Crippen molar-refractivity contribution in [2.24, 2.45) is 0 Å². The first kappa shape index (κ1) is 19.7. The summed E-state index contributed by atoms with van der Waals surface area (Å²) in [7, 11) is 0. The predicted molar refractivity (Wildman–Crippen MR) is 93.4 cm³/mol. The summed E-state index contributed by atoms with van der Waals surface area (Å²) in [4.78, 5) is 28.2. The molecule has 23 heavy (non-hydrogen) atoms. The molecular formula is C17H34N4O2. The lowest BCUT2D eigenvalue weighted by molar-refractivity contribution is -0.122. The molecule has 0 bridgehead atoms. The van der Waals surface area contributed by atoms with Crippen molar-refractivity contribution in [3.05, 3.63) is 0 Å². The van der Waals surface area contributed by atoms with Crippen molar-refractivity contribution in [1.82, 2.24) is 20.4 Å². The van der Waals surface area contributed by atoms with Gasteiger partial charge < -0.3 is 15.5 Å². The molecule has 1 heterocycles. The second kappa shape index (κ2) is 7.99. The summed E-state index contributed by atoms with van der Waals surface area (Å²) in [5, 5.41) is 5.82. The van der Waals surface area contributed by atoms with E-state index in [0.29, 0.717) is 13.0 Å². The summed E-state index contributed by atoms with van der Waals surface area (Å²) in [5.41, 5.74) is -0.0445. The molecule has 0 aromatic carbocycles. The third-order valence-electron chi connectivity index (χ3n) is 4.51. The van der Waals surface area contributed by atoms with Crippen molar-refractivity contribution in [1.29, 1.82) is 0 Å². The van der Waals surface area contributed by atoms with Gasteiger partial charge in [-0.3, -0.25) is 9.69 Å². The van der Waals surface area contributed by atoms with E-state index in [2.05, 4.69) is 36.3 Å². The van der Waals surface area contributed by atoms with E-state index in [4.69, 9.17) is 0 Å². The van der Waals surface area contributed by atoms with E-state index < -0.39 is 0 Å². The standard InChI is InChI=1S/C17H34N4O2/c1-7-17(5,6)19-14(22)8-9-18-15(23)20-10-12-21(13-11-20)16(2,3)4/h7-13H2,1-6H3,(H,18,23)(H,19,22). The number of carbonyl (C=O) groups is 2. The molecule has 0 radical (unpaired) electrons. The van der Waals surface area contributed by atoms with Gasteiger partial charge in [0.25, 0.3) is 0 Å². The monoisotopic (exact) mass is 326 g/mol. The zero-order valence-electron chi connectivity index (χ0n) is 15.7. The molecule has 1 aliphatic rings. The lowest BCUT2D eigenvalue weighted by Gasteiger charge is -2.42. The summed E-state index contributed by atoms with van der Waals surface area (Å²) in [6, 6.07) is -0.0684. The van der Waals surface area contributed by atoms with E-state index in [1.807, 2.05) is 25.7 Å². The molecule has 2 N–H and O–H groups in total. The van der Waals surface area contributed by atoms with E-state index in [-0.39, 0.29) is 23.0 Å². The fourth-order valence-electron chi connectivity index (χ4n) is 2.50. The maximum atomic E-state index is 12.1. The van der Waals surface area contributed by atoms with Gasteiger partial charge in [0, 0.05) is 50.2 Å². The molecule has 134 valence electrons. The molecule has 1 aliphatic heterocycles. The molecule has 1 saturated heterocycles. The zero-order chi connectivity index (χ0) is 17.7. The van der Waals surface area contributed by atoms with Crippen molar-refractivity contribution < 1.29 is 9.59 Å². The number of piperazine rings is 1. The van der Waals surface area contributed by atoms with Gasteiger partial charge in [-0.2, -0.15) is 0 Å². The number of carbonyl (C=O) groups excluding carboxylic acids is 2. The summed E-state index contributed by atoms with van der Waals surface area (Å²) in [5.74, 6) is -0.0188. The number of amides is 3. The number of rotatable bonds is 5. The summed E-state index contributed by atoms with van der Waals surface area (Å²) < 4.78 is 0. The highest BCUT2D eigenvalue weighted by Crippen LogP contribution is 2.15. The van der Waals surface area contributed by atoms with Crippen LogP contribution in [-0.2, 0) is 4.79 Å². The topological polar surface area (TPSA) is 64.7 Å². The first-order valence-electron chi connectivity index (χ1n) is 8.64. The average Bonchev–Trinajstić information content (AvgIpc) is 2.46. The van der Waals surface area contributed by atoms with Crippen molar-refractivity contribution in [3.63, 3.8) is 0 Å². The van der Waals surface area contributed by atoms with Gasteiger partial charge in [-0.25, -0.2) is 4.79 Å². The predicted octanol–water partition coefficient (Wildman–Crippen LogP) is 1.81. The Morgan fingerprint density at radius 2 is 1.57 bits per heavy atom. The highest BCUT2D eigenvalue weighted by molar-refractivity contribution is 5.78. The Labute approximate surface area is 141 Å². The van der Waals surface area contributed by atoms with Crippen molar-refractivity contribution in [2.75, 3.05) is 32.7 Å². The minimum absolute atomic E-state index is 0.0188. The molecule has 0 unspecified atom stereocenters. The van der Waals surface area contributed by atoms with E-state index in [0.717, 1.165) is 32.6 Å². The lowest BCUT2D eigenvalue weighted by atomic mass is 10.0. The molecule has 0 spiro atoms. The second-order valence-corrected chi connectivity index (χ2v) is 7.91. The number of urea groups is 1. The molecule has 1 rings (SSSR count). The highest BCUT2D eigenvalue weighted by Gasteiger charge is 2.27. The van der Waals surface area contributed by atoms with E-state index in [1.165, 1.54) is 0 Å². The van der Waals surface area contributed by atoms with Gasteiger partial charge in [0.2, 0.25) is 5.91 Å². The van der Waals surface area contributed by atoms with E-state index in [9.17, 15) is 9.59 Å². The van der Waals surface area contributed by atoms with Crippen LogP contribution in [-0.4, -0.2) is 65.5 Å². The molecule has 1 fully saturated rings. The number of nitrogens with one attached hydrogen (secondary N) is 2. The molecule has 6 nitrogen and oxygen atoms in total. The molecule has 0 aromatic heterocycles. The molecule has 3 amide bonds. The summed E-state index contributed by atoms with van der Waals surface area (Å²) in [6.07, 6.45) is 1.19. The minimum atomic E-state index is -0.190. The summed E-state index contributed by atoms with van der Waals surface area (Å²) >= 11 is 0. The van der Waals surface area contributed by atoms with E-state index >= 15 is 0 Å². The van der Waals surface area contributed by atoms with Crippen LogP contribution in [0.1, 0.15) is 54.4 Å². The molecule has 0 aromatic rings. The fraction of sp³-hybridized carbons (Fsp3) is 0.882. The SMILES string of the molecule is CCC(C)(C)NC(=O)CCNC(=O)N1CCN(C(C)(C)C)CC1. The van der Waals surface area contributed by atoms with Crippen molar-refractivity contribution in [2.45, 2.75) is 65.5 Å². The van der Waals surface area contributed by atoms with Gasteiger partial charge in [0.15, 0.2) is 0 Å². The van der Waals surface area contributed by atoms with Gasteiger partial charge >= 0.3 is 6.03 Å². The maximum absolute atomic E-state index is 12.1. The third kappa shape index (κ3) is 6.77. The molecule has 0 aliphatic carbocycles. The van der Waals surface area contributed by atoms with Crippen LogP contribution in [0, 0.1) is 0 Å². The largest absolute Gasteiger partial charge is 0.351 e. The van der Waals surface area contributed by atoms with Crippen LogP contribution in [0.4, 0.5) is 4.79 Å². The number of hydrogen-bond donors (Lipinski definition) is 2. The third-order valence-corrected chi connectivity index (χ3v) is 4.51. The van der Waals surface area contributed by atoms with Gasteiger partial charge in [0.1, 0.15) is 0 Å². The van der Waals surface area contributed by atoms with Gasteiger partial charge in [-0.1, -0.05) is 6.92 Å². The smallest absolute Gasteiger partial charge is 0.317 e. The number of hydrogen-bond acceptors (Lipinski definition) is 3. The van der Waals surface area contributed by atoms with Crippen LogP contribution in [0.2, 0.25) is 0 Å². The summed E-state index contributed by atoms with van der Waals surface area (Å²) in [6.45, 7) is 16.2. The lowest BCUT2D eigenvalue weighted by Crippen LogP contribution is -2.56. The highest BCUT2D eigenvalue weighted by atomic mass is 16.2. The van der Waals surface area contributed by atoms with Gasteiger partial charge in [-0.05, 0) is 41.0 Å². The minimum Gasteiger partial charge on any atom is -0.351 e. The average molecular weight is 326 g/mol. The molecule has 6 heteroatoms. The number of nitrogens with zero attached hydrogens (tertiary/aromatic N) is 2. The zero-order valence-corrected chi connectivity index (χ0v) is 15.7. The van der Waals surface area contributed by atoms with Crippen LogP contribution < -0.4 is 10.6 Å². The Balaban J connectivity index is 2.27. The van der Waals surface area contributed by atoms with Crippen LogP contribution >= 0.6 is 0 Å². The van der Waals surface area contributed by atoms with Crippen LogP contribution in [0.15, 0.2) is 0 Å². The second-order valence-electron chi connectivity index (χ2n) is 7.91. The van der Waals surface area contributed by atoms with Crippen LogP contribution in [0.3, 0.4) is 0 Å². The Morgan fingerprint density at radius 3 is 2.04 bits per heavy atom. The van der Waals surface area contributed by atoms with Crippen molar-refractivity contribution >= 4 is 11.9 Å². The van der Waals surface area contributed by atoms with Crippen molar-refractivity contribution in [3.8, 4) is 0 Å². The first-order chi connectivity index (χ1) is 10.5. The van der Waals surface area contributed by atoms with Crippen LogP contribution in [0.5, 0.6) is 0 Å². The molecule has 0 saturated carbocycles. The Morgan fingerprint density at radius 1 is 1.00 bits per heavy atom. The van der Waals surface area contributed by atoms with Gasteiger partial charge in [0.05, 0.1) is 0 Å². The Hall–Kier alpha value is -1.30. The quantitative estimate of drug-likeness (QED) is 0.810. The van der Waals surface area contributed by atoms with E-state index in [1.54, 1.807) is 0 Å². The Bertz CT molecular complexity index is 407. The van der Waals surface area contributed by atoms with Gasteiger partial charge in [-0.15, -0.1) is 0 Å². The first-order valence-corrected chi connectivity index (χ1v) is 8.64. The normalized spacial score (nSPS) is 17.0. The Kier molecular flexibility index (Phi) is 6.86. The van der Waals surface area contributed by atoms with Crippen LogP contribution in [0.25, 0.3) is 0 Å².